The molecule has 1 heteroatoms. The maximum absolute atomic E-state index is 4.36. The van der Waals surface area contributed by atoms with E-state index < -0.39 is 0 Å². The Labute approximate surface area is 87.6 Å². The molecule has 1 atom stereocenters. The van der Waals surface area contributed by atoms with Gasteiger partial charge in [-0.3, -0.25) is 4.99 Å². The Morgan fingerprint density at radius 2 is 2.21 bits per heavy atom. The molecule has 1 aliphatic heterocycles. The van der Waals surface area contributed by atoms with E-state index in [2.05, 4.69) is 31.5 Å². The van der Waals surface area contributed by atoms with Crippen LogP contribution in [0.25, 0.3) is 0 Å². The van der Waals surface area contributed by atoms with Crippen molar-refractivity contribution in [2.24, 2.45) is 16.8 Å². The molecule has 0 fully saturated rings. The summed E-state index contributed by atoms with van der Waals surface area (Å²) in [6.07, 6.45) is 7.61. The maximum atomic E-state index is 4.36. The first-order valence-electron chi connectivity index (χ1n) is 5.48. The van der Waals surface area contributed by atoms with Gasteiger partial charge in [0.1, 0.15) is 0 Å². The Balaban J connectivity index is 2.72. The molecule has 1 rings (SSSR count). The van der Waals surface area contributed by atoms with Gasteiger partial charge in [0.15, 0.2) is 0 Å². The van der Waals surface area contributed by atoms with Crippen molar-refractivity contribution in [1.82, 2.24) is 0 Å². The van der Waals surface area contributed by atoms with Crippen LogP contribution in [0.15, 0.2) is 28.9 Å². The lowest BCUT2D eigenvalue weighted by atomic mass is 9.86. The molecule has 1 unspecified atom stereocenters. The fourth-order valence-electron chi connectivity index (χ4n) is 1.90. The smallest absolute Gasteiger partial charge is 0.0371 e. The molecule has 0 aromatic heterocycles. The Kier molecular flexibility index (Phi) is 4.12. The van der Waals surface area contributed by atoms with Crippen LogP contribution >= 0.6 is 0 Å². The summed E-state index contributed by atoms with van der Waals surface area (Å²) in [5, 5.41) is 0. The zero-order valence-corrected chi connectivity index (χ0v) is 9.59. The predicted molar refractivity (Wildman–Crippen MR) is 63.6 cm³/mol. The summed E-state index contributed by atoms with van der Waals surface area (Å²) >= 11 is 0. The van der Waals surface area contributed by atoms with Gasteiger partial charge in [0, 0.05) is 11.9 Å². The molecule has 0 aromatic carbocycles. The summed E-state index contributed by atoms with van der Waals surface area (Å²) in [6, 6.07) is 0. The van der Waals surface area contributed by atoms with Gasteiger partial charge in [-0.1, -0.05) is 26.0 Å². The number of aliphatic imine (C=N–C) groups is 1. The van der Waals surface area contributed by atoms with Crippen LogP contribution in [-0.4, -0.2) is 6.21 Å². The number of allylic oxidation sites excluding steroid dienone is 3. The first-order chi connectivity index (χ1) is 6.59. The third kappa shape index (κ3) is 3.49. The summed E-state index contributed by atoms with van der Waals surface area (Å²) in [5.74, 6) is 1.50. The number of rotatable bonds is 1. The molecular weight excluding hydrogens is 170 g/mol. The van der Waals surface area contributed by atoms with E-state index in [9.17, 15) is 0 Å². The van der Waals surface area contributed by atoms with Crippen LogP contribution < -0.4 is 0 Å². The van der Waals surface area contributed by atoms with Gasteiger partial charge >= 0.3 is 0 Å². The first kappa shape index (κ1) is 11.2. The van der Waals surface area contributed by atoms with Crippen molar-refractivity contribution >= 4 is 6.21 Å². The Bertz CT molecular complexity index is 258. The SMILES string of the molecule is C=C1/C=C(/C)N=CCCC(C(C)C)C1. The van der Waals surface area contributed by atoms with E-state index in [-0.39, 0.29) is 0 Å². The molecule has 1 nitrogen and oxygen atoms in total. The summed E-state index contributed by atoms with van der Waals surface area (Å²) in [5.41, 5.74) is 2.31. The van der Waals surface area contributed by atoms with Crippen molar-refractivity contribution in [3.8, 4) is 0 Å². The van der Waals surface area contributed by atoms with Crippen LogP contribution in [-0.2, 0) is 0 Å². The maximum Gasteiger partial charge on any atom is 0.0371 e. The lowest BCUT2D eigenvalue weighted by Crippen LogP contribution is -2.09. The van der Waals surface area contributed by atoms with E-state index in [0.717, 1.165) is 30.4 Å². The predicted octanol–water partition coefficient (Wildman–Crippen LogP) is 3.97. The normalized spacial score (nSPS) is 27.9. The highest BCUT2D eigenvalue weighted by molar-refractivity contribution is 5.59. The highest BCUT2D eigenvalue weighted by Crippen LogP contribution is 2.25. The van der Waals surface area contributed by atoms with Crippen molar-refractivity contribution in [2.45, 2.75) is 40.0 Å². The standard InChI is InChI=1S/C13H21N/c1-10(2)13-6-5-7-14-12(4)8-11(3)9-13/h7-8,10,13H,3,5-6,9H2,1-2,4H3/b12-8-,14-7?. The second-order valence-electron chi connectivity index (χ2n) is 4.54. The fourth-order valence-corrected chi connectivity index (χ4v) is 1.90. The molecule has 78 valence electrons. The highest BCUT2D eigenvalue weighted by Gasteiger charge is 2.14. The second-order valence-corrected chi connectivity index (χ2v) is 4.54. The van der Waals surface area contributed by atoms with E-state index in [1.165, 1.54) is 12.0 Å². The molecule has 0 bridgehead atoms. The van der Waals surface area contributed by atoms with E-state index in [0.29, 0.717) is 0 Å². The van der Waals surface area contributed by atoms with Crippen LogP contribution in [0.5, 0.6) is 0 Å². The monoisotopic (exact) mass is 191 g/mol. The largest absolute Gasteiger partial charge is 0.266 e. The van der Waals surface area contributed by atoms with Gasteiger partial charge in [-0.15, -0.1) is 0 Å². The number of hydrogen-bond donors (Lipinski definition) is 0. The average Bonchev–Trinajstić information content (AvgIpc) is 2.15. The third-order valence-electron chi connectivity index (χ3n) is 2.84. The Morgan fingerprint density at radius 3 is 2.86 bits per heavy atom. The summed E-state index contributed by atoms with van der Waals surface area (Å²) in [6.45, 7) is 10.7. The van der Waals surface area contributed by atoms with Gasteiger partial charge < -0.3 is 0 Å². The first-order valence-corrected chi connectivity index (χ1v) is 5.48. The van der Waals surface area contributed by atoms with Crippen molar-refractivity contribution in [2.75, 3.05) is 0 Å². The quantitative estimate of drug-likeness (QED) is 0.594. The minimum atomic E-state index is 0.743. The average molecular weight is 191 g/mol. The van der Waals surface area contributed by atoms with Gasteiger partial charge in [-0.25, -0.2) is 0 Å². The molecule has 0 aromatic rings. The Hall–Kier alpha value is -0.850. The van der Waals surface area contributed by atoms with Crippen LogP contribution in [0, 0.1) is 11.8 Å². The summed E-state index contributed by atoms with van der Waals surface area (Å²) in [7, 11) is 0. The van der Waals surface area contributed by atoms with E-state index in [1.807, 2.05) is 13.1 Å². The number of nitrogens with zero attached hydrogens (tertiary/aromatic N) is 1. The minimum Gasteiger partial charge on any atom is -0.266 e. The zero-order chi connectivity index (χ0) is 10.6. The second kappa shape index (κ2) is 5.14. The van der Waals surface area contributed by atoms with Gasteiger partial charge in [-0.2, -0.15) is 0 Å². The van der Waals surface area contributed by atoms with Crippen molar-refractivity contribution < 1.29 is 0 Å². The van der Waals surface area contributed by atoms with Gasteiger partial charge in [0.2, 0.25) is 0 Å². The molecule has 1 heterocycles. The number of hydrogen-bond acceptors (Lipinski definition) is 1. The fraction of sp³-hybridized carbons (Fsp3) is 0.615. The van der Waals surface area contributed by atoms with Gasteiger partial charge in [0.05, 0.1) is 0 Å². The van der Waals surface area contributed by atoms with Crippen LogP contribution in [0.4, 0.5) is 0 Å². The lowest BCUT2D eigenvalue weighted by Gasteiger charge is -2.19. The molecule has 0 saturated heterocycles. The van der Waals surface area contributed by atoms with Crippen LogP contribution in [0.1, 0.15) is 40.0 Å². The molecular formula is C13H21N. The van der Waals surface area contributed by atoms with Crippen LogP contribution in [0.3, 0.4) is 0 Å². The lowest BCUT2D eigenvalue weighted by molar-refractivity contribution is 0.366. The van der Waals surface area contributed by atoms with E-state index in [4.69, 9.17) is 0 Å². The Morgan fingerprint density at radius 1 is 1.50 bits per heavy atom. The molecule has 1 aliphatic rings. The molecule has 0 spiro atoms. The van der Waals surface area contributed by atoms with Crippen molar-refractivity contribution in [3.63, 3.8) is 0 Å². The van der Waals surface area contributed by atoms with E-state index in [1.54, 1.807) is 0 Å². The molecule has 0 aliphatic carbocycles. The summed E-state index contributed by atoms with van der Waals surface area (Å²) < 4.78 is 0. The molecule has 0 saturated carbocycles. The third-order valence-corrected chi connectivity index (χ3v) is 2.84. The molecule has 0 radical (unpaired) electrons. The summed E-state index contributed by atoms with van der Waals surface area (Å²) in [4.78, 5) is 4.36. The van der Waals surface area contributed by atoms with Crippen LogP contribution in [0.2, 0.25) is 0 Å². The zero-order valence-electron chi connectivity index (χ0n) is 9.59. The van der Waals surface area contributed by atoms with Crippen molar-refractivity contribution in [3.05, 3.63) is 23.9 Å². The van der Waals surface area contributed by atoms with Crippen molar-refractivity contribution in [1.29, 1.82) is 0 Å². The molecule has 0 amide bonds. The van der Waals surface area contributed by atoms with E-state index >= 15 is 0 Å². The minimum absolute atomic E-state index is 0.743. The van der Waals surface area contributed by atoms with Gasteiger partial charge in [0.25, 0.3) is 0 Å². The molecule has 14 heavy (non-hydrogen) atoms. The molecule has 0 N–H and O–H groups in total. The topological polar surface area (TPSA) is 12.4 Å². The van der Waals surface area contributed by atoms with Gasteiger partial charge in [-0.05, 0) is 44.1 Å². The highest BCUT2D eigenvalue weighted by atomic mass is 14.7.